The molecule has 114 valence electrons. The number of rotatable bonds is 5. The van der Waals surface area contributed by atoms with Crippen LogP contribution in [0.5, 0.6) is 0 Å². The van der Waals surface area contributed by atoms with Crippen LogP contribution < -0.4 is 4.72 Å². The Labute approximate surface area is 120 Å². The maximum atomic E-state index is 13.5. The zero-order chi connectivity index (χ0) is 15.6. The van der Waals surface area contributed by atoms with Crippen LogP contribution in [-0.2, 0) is 23.2 Å². The van der Waals surface area contributed by atoms with Crippen molar-refractivity contribution in [2.24, 2.45) is 0 Å². The lowest BCUT2D eigenvalue weighted by Gasteiger charge is -2.08. The predicted octanol–water partition coefficient (Wildman–Crippen LogP) is 2.08. The highest BCUT2D eigenvalue weighted by Gasteiger charge is 2.21. The third kappa shape index (κ3) is 3.06. The van der Waals surface area contributed by atoms with Gasteiger partial charge in [0.1, 0.15) is 22.2 Å². The number of hydrogen-bond donors (Lipinski definition) is 2. The first-order valence-corrected chi connectivity index (χ1v) is 7.64. The van der Waals surface area contributed by atoms with Crippen molar-refractivity contribution in [3.8, 4) is 0 Å². The van der Waals surface area contributed by atoms with Gasteiger partial charge in [-0.25, -0.2) is 17.2 Å². The van der Waals surface area contributed by atoms with Crippen LogP contribution in [0.2, 0.25) is 0 Å². The van der Waals surface area contributed by atoms with E-state index in [0.29, 0.717) is 12.2 Å². The highest BCUT2D eigenvalue weighted by atomic mass is 32.2. The Hall–Kier alpha value is -1.93. The van der Waals surface area contributed by atoms with Crippen LogP contribution in [0.4, 0.5) is 14.5 Å². The minimum atomic E-state index is -4.14. The lowest BCUT2D eigenvalue weighted by molar-refractivity contribution is 0.271. The molecule has 0 spiro atoms. The summed E-state index contributed by atoms with van der Waals surface area (Å²) in [7, 11) is -4.14. The average Bonchev–Trinajstić information content (AvgIpc) is 2.87. The minimum absolute atomic E-state index is 0.170. The average molecular weight is 316 g/mol. The first-order chi connectivity index (χ1) is 9.89. The normalized spacial score (nSPS) is 11.6. The van der Waals surface area contributed by atoms with Crippen LogP contribution in [0.15, 0.2) is 35.4 Å². The lowest BCUT2D eigenvalue weighted by atomic mass is 10.3. The molecule has 0 aliphatic carbocycles. The van der Waals surface area contributed by atoms with Crippen LogP contribution in [0, 0.1) is 11.6 Å². The maximum absolute atomic E-state index is 13.5. The second kappa shape index (κ2) is 5.82. The number of aliphatic hydroxyl groups excluding tert-OH is 1. The van der Waals surface area contributed by atoms with Gasteiger partial charge in [0.25, 0.3) is 10.0 Å². The van der Waals surface area contributed by atoms with Gasteiger partial charge in [-0.2, -0.15) is 0 Å². The molecule has 0 saturated carbocycles. The summed E-state index contributed by atoms with van der Waals surface area (Å²) in [4.78, 5) is -0.170. The molecule has 1 aromatic heterocycles. The van der Waals surface area contributed by atoms with Crippen molar-refractivity contribution in [1.29, 1.82) is 0 Å². The van der Waals surface area contributed by atoms with Gasteiger partial charge in [0.05, 0.1) is 6.61 Å². The summed E-state index contributed by atoms with van der Waals surface area (Å²) < 4.78 is 54.8. The summed E-state index contributed by atoms with van der Waals surface area (Å²) >= 11 is 0. The van der Waals surface area contributed by atoms with Crippen molar-refractivity contribution in [2.75, 3.05) is 4.72 Å². The van der Waals surface area contributed by atoms with E-state index in [9.17, 15) is 17.2 Å². The number of nitrogens with zero attached hydrogens (tertiary/aromatic N) is 1. The Morgan fingerprint density at radius 2 is 1.90 bits per heavy atom. The zero-order valence-corrected chi connectivity index (χ0v) is 12.0. The van der Waals surface area contributed by atoms with Crippen molar-refractivity contribution in [3.05, 3.63) is 47.8 Å². The Balaban J connectivity index is 2.41. The number of sulfonamides is 1. The van der Waals surface area contributed by atoms with E-state index in [1.165, 1.54) is 16.8 Å². The monoisotopic (exact) mass is 316 g/mol. The molecule has 0 aliphatic heterocycles. The molecule has 21 heavy (non-hydrogen) atoms. The molecule has 5 nitrogen and oxygen atoms in total. The van der Waals surface area contributed by atoms with Crippen LogP contribution in [0.1, 0.15) is 12.6 Å². The zero-order valence-electron chi connectivity index (χ0n) is 11.2. The largest absolute Gasteiger partial charge is 0.390 e. The molecule has 0 bridgehead atoms. The van der Waals surface area contributed by atoms with Gasteiger partial charge >= 0.3 is 0 Å². The second-order valence-electron chi connectivity index (χ2n) is 4.31. The van der Waals surface area contributed by atoms with E-state index in [-0.39, 0.29) is 11.5 Å². The molecule has 0 fully saturated rings. The molecule has 2 rings (SSSR count). The highest BCUT2D eigenvalue weighted by molar-refractivity contribution is 7.92. The van der Waals surface area contributed by atoms with E-state index in [0.717, 1.165) is 18.2 Å². The summed E-state index contributed by atoms with van der Waals surface area (Å²) in [6.45, 7) is 1.90. The summed E-state index contributed by atoms with van der Waals surface area (Å²) in [6, 6.07) is 4.30. The number of nitrogens with one attached hydrogen (secondary N) is 1. The number of aliphatic hydroxyl groups is 1. The number of aryl methyl sites for hydroxylation is 1. The summed E-state index contributed by atoms with van der Waals surface area (Å²) in [5.41, 5.74) is -0.334. The van der Waals surface area contributed by atoms with Crippen LogP contribution in [-0.4, -0.2) is 18.1 Å². The maximum Gasteiger partial charge on any atom is 0.263 e. The Morgan fingerprint density at radius 1 is 1.29 bits per heavy atom. The molecule has 0 amide bonds. The van der Waals surface area contributed by atoms with E-state index in [1.54, 1.807) is 6.92 Å². The quantitative estimate of drug-likeness (QED) is 0.887. The van der Waals surface area contributed by atoms with Gasteiger partial charge < -0.3 is 9.67 Å². The van der Waals surface area contributed by atoms with Gasteiger partial charge in [-0.05, 0) is 25.1 Å². The van der Waals surface area contributed by atoms with Crippen molar-refractivity contribution in [1.82, 2.24) is 4.57 Å². The third-order valence-electron chi connectivity index (χ3n) is 2.97. The Kier molecular flexibility index (Phi) is 4.29. The number of hydrogen-bond acceptors (Lipinski definition) is 3. The fourth-order valence-electron chi connectivity index (χ4n) is 1.89. The van der Waals surface area contributed by atoms with E-state index in [1.807, 2.05) is 4.72 Å². The summed E-state index contributed by atoms with van der Waals surface area (Å²) in [6.07, 6.45) is 1.30. The molecule has 1 aromatic carbocycles. The minimum Gasteiger partial charge on any atom is -0.390 e. The van der Waals surface area contributed by atoms with E-state index in [2.05, 4.69) is 0 Å². The number of anilines is 1. The second-order valence-corrected chi connectivity index (χ2v) is 6.00. The Bertz CT molecular complexity index is 715. The smallest absolute Gasteiger partial charge is 0.263 e. The molecule has 0 atom stereocenters. The topological polar surface area (TPSA) is 71.3 Å². The number of halogens is 2. The highest BCUT2D eigenvalue weighted by Crippen LogP contribution is 2.23. The molecule has 1 heterocycles. The molecule has 0 saturated heterocycles. The molecule has 8 heteroatoms. The molecule has 2 N–H and O–H groups in total. The molecule has 0 radical (unpaired) electrons. The van der Waals surface area contributed by atoms with Crippen molar-refractivity contribution in [3.63, 3.8) is 0 Å². The van der Waals surface area contributed by atoms with E-state index < -0.39 is 27.3 Å². The molecule has 2 aromatic rings. The van der Waals surface area contributed by atoms with Gasteiger partial charge in [-0.1, -0.05) is 6.07 Å². The molecular weight excluding hydrogens is 302 g/mol. The van der Waals surface area contributed by atoms with Crippen molar-refractivity contribution < 1.29 is 22.3 Å². The van der Waals surface area contributed by atoms with Crippen molar-refractivity contribution in [2.45, 2.75) is 25.0 Å². The Morgan fingerprint density at radius 3 is 2.38 bits per heavy atom. The van der Waals surface area contributed by atoms with E-state index in [4.69, 9.17) is 5.11 Å². The third-order valence-corrected chi connectivity index (χ3v) is 4.29. The lowest BCUT2D eigenvalue weighted by Crippen LogP contribution is -2.14. The summed E-state index contributed by atoms with van der Waals surface area (Å²) in [5.74, 6) is -2.01. The fraction of sp³-hybridized carbons (Fsp3) is 0.231. The van der Waals surface area contributed by atoms with Crippen LogP contribution >= 0.6 is 0 Å². The van der Waals surface area contributed by atoms with Gasteiger partial charge in [0, 0.05) is 18.4 Å². The molecular formula is C13H14F2N2O3S. The number of para-hydroxylation sites is 1. The predicted molar refractivity (Wildman–Crippen MR) is 73.2 cm³/mol. The summed E-state index contributed by atoms with van der Waals surface area (Å²) in [5, 5.41) is 9.15. The first kappa shape index (κ1) is 15.5. The standard InChI is InChI=1S/C13H14F2N2O3S/c1-2-17-7-10(6-9(17)8-18)21(19,20)16-13-11(14)4-3-5-12(13)15/h3-7,16,18H,2,8H2,1H3. The number of aromatic nitrogens is 1. The van der Waals surface area contributed by atoms with Crippen molar-refractivity contribution >= 4 is 15.7 Å². The van der Waals surface area contributed by atoms with Crippen LogP contribution in [0.25, 0.3) is 0 Å². The SMILES string of the molecule is CCn1cc(S(=O)(=O)Nc2c(F)cccc2F)cc1CO. The van der Waals surface area contributed by atoms with E-state index >= 15 is 0 Å². The van der Waals surface area contributed by atoms with Gasteiger partial charge in [0.2, 0.25) is 0 Å². The number of benzene rings is 1. The van der Waals surface area contributed by atoms with Gasteiger partial charge in [-0.3, -0.25) is 4.72 Å². The van der Waals surface area contributed by atoms with Crippen LogP contribution in [0.3, 0.4) is 0 Å². The van der Waals surface area contributed by atoms with Gasteiger partial charge in [-0.15, -0.1) is 0 Å². The molecule has 0 unspecified atom stereocenters. The first-order valence-electron chi connectivity index (χ1n) is 6.15. The fourth-order valence-corrected chi connectivity index (χ4v) is 3.03. The van der Waals surface area contributed by atoms with Gasteiger partial charge in [0.15, 0.2) is 0 Å². The molecule has 0 aliphatic rings.